The number of pyridine rings is 2. The molecule has 10 heteroatoms. The molecule has 0 fully saturated rings. The summed E-state index contributed by atoms with van der Waals surface area (Å²) in [5.74, 6) is -3.33. The molecule has 7 nitrogen and oxygen atoms in total. The molecule has 1 aliphatic heterocycles. The number of nitrogens with zero attached hydrogens (tertiary/aromatic N) is 2. The van der Waals surface area contributed by atoms with Gasteiger partial charge in [0.15, 0.2) is 11.6 Å². The minimum absolute atomic E-state index is 0.0161. The molecule has 0 saturated carbocycles. The SMILES string of the molecule is CN(C(=O)c1cc2cc(F)ncc2[nH]1)[C@@H]1COCc2[nH]c(=O)c3cc(F)c(F)cc3c21. The predicted octanol–water partition coefficient (Wildman–Crippen LogP) is 3.17. The Kier molecular flexibility index (Phi) is 4.33. The van der Waals surface area contributed by atoms with Crippen molar-refractivity contribution < 1.29 is 22.7 Å². The van der Waals surface area contributed by atoms with Gasteiger partial charge in [0.2, 0.25) is 5.95 Å². The van der Waals surface area contributed by atoms with E-state index in [4.69, 9.17) is 4.74 Å². The molecule has 0 spiro atoms. The monoisotopic (exact) mass is 428 g/mol. The first-order valence-corrected chi connectivity index (χ1v) is 9.36. The molecular formula is C21H15F3N4O3. The number of benzene rings is 1. The zero-order valence-electron chi connectivity index (χ0n) is 16.1. The Bertz CT molecular complexity index is 1430. The van der Waals surface area contributed by atoms with Crippen LogP contribution in [0.3, 0.4) is 0 Å². The van der Waals surface area contributed by atoms with Gasteiger partial charge >= 0.3 is 0 Å². The van der Waals surface area contributed by atoms with E-state index in [2.05, 4.69) is 15.0 Å². The molecule has 1 amide bonds. The quantitative estimate of drug-likeness (QED) is 0.480. The average Bonchev–Trinajstić information content (AvgIpc) is 3.17. The van der Waals surface area contributed by atoms with Gasteiger partial charge < -0.3 is 19.6 Å². The molecule has 1 atom stereocenters. The molecule has 0 saturated heterocycles. The van der Waals surface area contributed by atoms with Gasteiger partial charge in [-0.3, -0.25) is 9.59 Å². The summed E-state index contributed by atoms with van der Waals surface area (Å²) in [6, 6.07) is 3.84. The summed E-state index contributed by atoms with van der Waals surface area (Å²) in [6.45, 7) is 0.154. The molecule has 1 aliphatic rings. The molecule has 4 heterocycles. The Morgan fingerprint density at radius 3 is 2.65 bits per heavy atom. The molecule has 31 heavy (non-hydrogen) atoms. The van der Waals surface area contributed by atoms with Crippen LogP contribution in [0.5, 0.6) is 0 Å². The molecule has 0 unspecified atom stereocenters. The highest BCUT2D eigenvalue weighted by Crippen LogP contribution is 2.34. The summed E-state index contributed by atoms with van der Waals surface area (Å²) < 4.78 is 46.7. The maximum absolute atomic E-state index is 14.0. The van der Waals surface area contributed by atoms with Crippen molar-refractivity contribution in [1.82, 2.24) is 19.9 Å². The maximum Gasteiger partial charge on any atom is 0.270 e. The van der Waals surface area contributed by atoms with Crippen molar-refractivity contribution >= 4 is 27.6 Å². The molecule has 1 aromatic carbocycles. The van der Waals surface area contributed by atoms with Crippen LogP contribution in [0, 0.1) is 17.6 Å². The number of carbonyl (C=O) groups is 1. The minimum Gasteiger partial charge on any atom is -0.373 e. The average molecular weight is 428 g/mol. The zero-order chi connectivity index (χ0) is 21.9. The Morgan fingerprint density at radius 1 is 1.13 bits per heavy atom. The number of aromatic nitrogens is 3. The molecule has 158 valence electrons. The summed E-state index contributed by atoms with van der Waals surface area (Å²) in [4.78, 5) is 36.0. The number of carbonyl (C=O) groups excluding carboxylic acids is 1. The van der Waals surface area contributed by atoms with Crippen LogP contribution in [-0.4, -0.2) is 39.4 Å². The van der Waals surface area contributed by atoms with Crippen molar-refractivity contribution in [3.05, 3.63) is 75.3 Å². The van der Waals surface area contributed by atoms with Gasteiger partial charge in [0.05, 0.1) is 36.4 Å². The highest BCUT2D eigenvalue weighted by molar-refractivity contribution is 5.98. The van der Waals surface area contributed by atoms with Crippen LogP contribution in [0.15, 0.2) is 35.3 Å². The van der Waals surface area contributed by atoms with E-state index in [1.54, 1.807) is 0 Å². The van der Waals surface area contributed by atoms with Gasteiger partial charge in [-0.25, -0.2) is 13.8 Å². The number of ether oxygens (including phenoxy) is 1. The van der Waals surface area contributed by atoms with E-state index in [0.717, 1.165) is 12.1 Å². The number of hydrogen-bond donors (Lipinski definition) is 2. The van der Waals surface area contributed by atoms with Crippen LogP contribution >= 0.6 is 0 Å². The van der Waals surface area contributed by atoms with Gasteiger partial charge in [-0.2, -0.15) is 4.39 Å². The normalized spacial score (nSPS) is 15.9. The lowest BCUT2D eigenvalue weighted by atomic mass is 9.95. The fraction of sp³-hybridized carbons (Fsp3) is 0.190. The molecular weight excluding hydrogens is 413 g/mol. The lowest BCUT2D eigenvalue weighted by Gasteiger charge is -2.33. The second kappa shape index (κ2) is 6.95. The lowest BCUT2D eigenvalue weighted by Crippen LogP contribution is -2.37. The third kappa shape index (κ3) is 3.07. The number of aromatic amines is 2. The fourth-order valence-electron chi connectivity index (χ4n) is 4.00. The van der Waals surface area contributed by atoms with Crippen LogP contribution in [0.1, 0.15) is 27.8 Å². The molecule has 3 aromatic heterocycles. The van der Waals surface area contributed by atoms with Gasteiger partial charge in [-0.15, -0.1) is 0 Å². The first-order chi connectivity index (χ1) is 14.8. The van der Waals surface area contributed by atoms with Crippen LogP contribution in [0.2, 0.25) is 0 Å². The van der Waals surface area contributed by atoms with E-state index >= 15 is 0 Å². The van der Waals surface area contributed by atoms with Crippen molar-refractivity contribution in [2.24, 2.45) is 0 Å². The van der Waals surface area contributed by atoms with E-state index in [0.29, 0.717) is 22.2 Å². The molecule has 4 aromatic rings. The smallest absolute Gasteiger partial charge is 0.270 e. The highest BCUT2D eigenvalue weighted by Gasteiger charge is 2.32. The van der Waals surface area contributed by atoms with Crippen LogP contribution in [0.25, 0.3) is 21.7 Å². The Morgan fingerprint density at radius 2 is 1.87 bits per heavy atom. The summed E-state index contributed by atoms with van der Waals surface area (Å²) in [6.07, 6.45) is 1.29. The van der Waals surface area contributed by atoms with Crippen LogP contribution < -0.4 is 5.56 Å². The van der Waals surface area contributed by atoms with Crippen molar-refractivity contribution in [2.45, 2.75) is 12.6 Å². The van der Waals surface area contributed by atoms with E-state index in [-0.39, 0.29) is 29.7 Å². The van der Waals surface area contributed by atoms with Crippen molar-refractivity contribution in [3.63, 3.8) is 0 Å². The summed E-state index contributed by atoms with van der Waals surface area (Å²) >= 11 is 0. The lowest BCUT2D eigenvalue weighted by molar-refractivity contribution is 0.0333. The number of hydrogen-bond acceptors (Lipinski definition) is 4. The van der Waals surface area contributed by atoms with Crippen molar-refractivity contribution in [3.8, 4) is 0 Å². The fourth-order valence-corrected chi connectivity index (χ4v) is 4.00. The van der Waals surface area contributed by atoms with Gasteiger partial charge in [0, 0.05) is 29.8 Å². The Hall–Kier alpha value is -3.66. The van der Waals surface area contributed by atoms with Gasteiger partial charge in [-0.05, 0) is 23.6 Å². The van der Waals surface area contributed by atoms with E-state index in [1.165, 1.54) is 30.3 Å². The largest absolute Gasteiger partial charge is 0.373 e. The first-order valence-electron chi connectivity index (χ1n) is 9.36. The Balaban J connectivity index is 1.61. The zero-order valence-corrected chi connectivity index (χ0v) is 16.1. The molecule has 5 rings (SSSR count). The number of rotatable bonds is 2. The number of fused-ring (bicyclic) bond motifs is 4. The standard InChI is InChI=1S/C21H15F3N4O3/c1-28(21(30)14-2-9-3-18(24)25-6-15(9)26-14)17-8-31-7-16-19(17)10-4-12(22)13(23)5-11(10)20(29)27-16/h2-6,17,26H,7-8H2,1H3,(H,27,29)/t17-/m1/s1. The maximum atomic E-state index is 14.0. The number of nitrogens with one attached hydrogen (secondary N) is 2. The summed E-state index contributed by atoms with van der Waals surface area (Å²) in [5.41, 5.74) is 0.992. The third-order valence-electron chi connectivity index (χ3n) is 5.53. The molecule has 2 N–H and O–H groups in total. The number of H-pyrrole nitrogens is 2. The van der Waals surface area contributed by atoms with Crippen molar-refractivity contribution in [2.75, 3.05) is 13.7 Å². The van der Waals surface area contributed by atoms with Gasteiger partial charge in [0.1, 0.15) is 5.69 Å². The highest BCUT2D eigenvalue weighted by atomic mass is 19.2. The topological polar surface area (TPSA) is 91.1 Å². The first kappa shape index (κ1) is 19.3. The van der Waals surface area contributed by atoms with E-state index in [1.807, 2.05) is 0 Å². The second-order valence-electron chi connectivity index (χ2n) is 7.38. The van der Waals surface area contributed by atoms with Gasteiger partial charge in [0.25, 0.3) is 11.5 Å². The number of likely N-dealkylation sites (N-methyl/N-ethyl adjacent to an activating group) is 1. The van der Waals surface area contributed by atoms with Gasteiger partial charge in [-0.1, -0.05) is 0 Å². The second-order valence-corrected chi connectivity index (χ2v) is 7.38. The summed E-state index contributed by atoms with van der Waals surface area (Å²) in [5, 5.41) is 0.683. The van der Waals surface area contributed by atoms with E-state index in [9.17, 15) is 22.8 Å². The van der Waals surface area contributed by atoms with E-state index < -0.39 is 35.1 Å². The molecule has 0 aliphatic carbocycles. The third-order valence-corrected chi connectivity index (χ3v) is 5.53. The molecule has 0 radical (unpaired) electrons. The number of amides is 1. The summed E-state index contributed by atoms with van der Waals surface area (Å²) in [7, 11) is 1.53. The molecule has 0 bridgehead atoms. The van der Waals surface area contributed by atoms with Crippen LogP contribution in [-0.2, 0) is 11.3 Å². The predicted molar refractivity (Wildman–Crippen MR) is 105 cm³/mol. The number of halogens is 3. The van der Waals surface area contributed by atoms with Crippen LogP contribution in [0.4, 0.5) is 13.2 Å². The Labute approximate surface area is 172 Å². The van der Waals surface area contributed by atoms with Crippen molar-refractivity contribution in [1.29, 1.82) is 0 Å². The minimum atomic E-state index is -1.13.